The average molecular weight is 245 g/mol. The van der Waals surface area contributed by atoms with Crippen LogP contribution in [0.4, 0.5) is 0 Å². The number of hydrogen-bond donors (Lipinski definition) is 0. The van der Waals surface area contributed by atoms with Gasteiger partial charge in [0.25, 0.3) is 0 Å². The second-order valence-corrected chi connectivity index (χ2v) is 4.56. The van der Waals surface area contributed by atoms with Crippen molar-refractivity contribution in [2.45, 2.75) is 0 Å². The lowest BCUT2D eigenvalue weighted by molar-refractivity contribution is 0.403. The molecule has 62 valence electrons. The summed E-state index contributed by atoms with van der Waals surface area (Å²) in [5.74, 6) is 0.627. The molecule has 0 amide bonds. The summed E-state index contributed by atoms with van der Waals surface area (Å²) in [5, 5.41) is 0.955. The van der Waals surface area contributed by atoms with E-state index in [-0.39, 0.29) is 0 Å². The van der Waals surface area contributed by atoms with Crippen molar-refractivity contribution in [3.05, 3.63) is 16.2 Å². The van der Waals surface area contributed by atoms with E-state index in [9.17, 15) is 0 Å². The summed E-state index contributed by atoms with van der Waals surface area (Å²) in [6, 6.07) is 1.96. The Bertz CT molecular complexity index is 415. The van der Waals surface area contributed by atoms with Gasteiger partial charge in [-0.1, -0.05) is 0 Å². The van der Waals surface area contributed by atoms with Gasteiger partial charge in [-0.15, -0.1) is 11.3 Å². The zero-order chi connectivity index (χ0) is 8.55. The summed E-state index contributed by atoms with van der Waals surface area (Å²) >= 11 is 4.95. The minimum absolute atomic E-state index is 0.627. The van der Waals surface area contributed by atoms with E-state index in [4.69, 9.17) is 4.74 Å². The number of methoxy groups -OCH3 is 1. The fourth-order valence-electron chi connectivity index (χ4n) is 0.967. The highest BCUT2D eigenvalue weighted by molar-refractivity contribution is 9.11. The first-order valence-corrected chi connectivity index (χ1v) is 4.86. The SMILES string of the molecule is COc1ncnc2sc(Br)cc12. The topological polar surface area (TPSA) is 35.0 Å². The molecule has 0 saturated heterocycles. The van der Waals surface area contributed by atoms with Gasteiger partial charge in [0, 0.05) is 0 Å². The molecule has 12 heavy (non-hydrogen) atoms. The van der Waals surface area contributed by atoms with Gasteiger partial charge in [-0.05, 0) is 22.0 Å². The second-order valence-electron chi connectivity index (χ2n) is 2.15. The Hall–Kier alpha value is -0.680. The predicted molar refractivity (Wildman–Crippen MR) is 51.7 cm³/mol. The van der Waals surface area contributed by atoms with Crippen molar-refractivity contribution in [1.82, 2.24) is 9.97 Å². The van der Waals surface area contributed by atoms with Gasteiger partial charge in [0.1, 0.15) is 11.2 Å². The molecule has 0 unspecified atom stereocenters. The van der Waals surface area contributed by atoms with Crippen molar-refractivity contribution in [2.75, 3.05) is 7.11 Å². The van der Waals surface area contributed by atoms with Crippen LogP contribution in [0.5, 0.6) is 5.88 Å². The lowest BCUT2D eigenvalue weighted by atomic mass is 10.4. The molecular weight excluding hydrogens is 240 g/mol. The molecule has 0 aliphatic carbocycles. The van der Waals surface area contributed by atoms with E-state index in [1.165, 1.54) is 6.33 Å². The van der Waals surface area contributed by atoms with Gasteiger partial charge in [0.2, 0.25) is 5.88 Å². The molecule has 2 heterocycles. The Morgan fingerprint density at radius 1 is 1.50 bits per heavy atom. The van der Waals surface area contributed by atoms with Gasteiger partial charge < -0.3 is 4.74 Å². The maximum absolute atomic E-state index is 5.08. The van der Waals surface area contributed by atoms with Gasteiger partial charge in [0.15, 0.2) is 0 Å². The Kier molecular flexibility index (Phi) is 1.98. The number of rotatable bonds is 1. The van der Waals surface area contributed by atoms with E-state index in [1.807, 2.05) is 6.07 Å². The maximum Gasteiger partial charge on any atom is 0.225 e. The van der Waals surface area contributed by atoms with Crippen molar-refractivity contribution in [3.8, 4) is 5.88 Å². The number of halogens is 1. The van der Waals surface area contributed by atoms with Crippen molar-refractivity contribution in [3.63, 3.8) is 0 Å². The minimum atomic E-state index is 0.627. The number of thiophene rings is 1. The molecule has 0 spiro atoms. The molecule has 0 fully saturated rings. The lowest BCUT2D eigenvalue weighted by Crippen LogP contribution is -1.87. The number of ether oxygens (including phenoxy) is 1. The summed E-state index contributed by atoms with van der Waals surface area (Å²) < 4.78 is 6.11. The van der Waals surface area contributed by atoms with E-state index in [0.29, 0.717) is 5.88 Å². The van der Waals surface area contributed by atoms with Crippen LogP contribution < -0.4 is 4.74 Å². The monoisotopic (exact) mass is 244 g/mol. The van der Waals surface area contributed by atoms with E-state index >= 15 is 0 Å². The molecule has 0 aromatic carbocycles. The number of fused-ring (bicyclic) bond motifs is 1. The fraction of sp³-hybridized carbons (Fsp3) is 0.143. The molecule has 3 nitrogen and oxygen atoms in total. The average Bonchev–Trinajstić information content (AvgIpc) is 2.44. The van der Waals surface area contributed by atoms with E-state index in [1.54, 1.807) is 18.4 Å². The second kappa shape index (κ2) is 2.99. The molecule has 0 radical (unpaired) electrons. The quantitative estimate of drug-likeness (QED) is 0.774. The van der Waals surface area contributed by atoms with Crippen LogP contribution in [0.2, 0.25) is 0 Å². The highest BCUT2D eigenvalue weighted by Gasteiger charge is 2.06. The summed E-state index contributed by atoms with van der Waals surface area (Å²) in [7, 11) is 1.60. The zero-order valence-corrected chi connectivity index (χ0v) is 8.65. The van der Waals surface area contributed by atoms with Gasteiger partial charge in [-0.3, -0.25) is 0 Å². The molecule has 2 aromatic rings. The first-order chi connectivity index (χ1) is 5.81. The lowest BCUT2D eigenvalue weighted by Gasteiger charge is -1.96. The zero-order valence-electron chi connectivity index (χ0n) is 6.24. The molecule has 0 bridgehead atoms. The van der Waals surface area contributed by atoms with E-state index in [2.05, 4.69) is 25.9 Å². The normalized spacial score (nSPS) is 10.5. The van der Waals surface area contributed by atoms with Gasteiger partial charge >= 0.3 is 0 Å². The Morgan fingerprint density at radius 3 is 3.08 bits per heavy atom. The highest BCUT2D eigenvalue weighted by atomic mass is 79.9. The molecule has 2 rings (SSSR count). The largest absolute Gasteiger partial charge is 0.480 e. The minimum Gasteiger partial charge on any atom is -0.480 e. The van der Waals surface area contributed by atoms with Crippen LogP contribution in [0, 0.1) is 0 Å². The van der Waals surface area contributed by atoms with Crippen LogP contribution in [-0.4, -0.2) is 17.1 Å². The van der Waals surface area contributed by atoms with Gasteiger partial charge in [-0.25, -0.2) is 9.97 Å². The van der Waals surface area contributed by atoms with Crippen LogP contribution in [0.25, 0.3) is 10.2 Å². The third-order valence-corrected chi connectivity index (χ3v) is 3.00. The third kappa shape index (κ3) is 1.19. The Balaban J connectivity index is 2.78. The van der Waals surface area contributed by atoms with Gasteiger partial charge in [-0.2, -0.15) is 0 Å². The number of hydrogen-bond acceptors (Lipinski definition) is 4. The van der Waals surface area contributed by atoms with E-state index in [0.717, 1.165) is 14.0 Å². The molecule has 0 aliphatic heterocycles. The van der Waals surface area contributed by atoms with Gasteiger partial charge in [0.05, 0.1) is 16.3 Å². The van der Waals surface area contributed by atoms with Crippen LogP contribution in [-0.2, 0) is 0 Å². The number of aromatic nitrogens is 2. The third-order valence-electron chi connectivity index (χ3n) is 1.46. The molecule has 0 aliphatic rings. The maximum atomic E-state index is 5.08. The van der Waals surface area contributed by atoms with Crippen molar-refractivity contribution < 1.29 is 4.74 Å². The Morgan fingerprint density at radius 2 is 2.33 bits per heavy atom. The molecule has 0 N–H and O–H groups in total. The summed E-state index contributed by atoms with van der Waals surface area (Å²) in [6.07, 6.45) is 1.50. The summed E-state index contributed by atoms with van der Waals surface area (Å²) in [4.78, 5) is 9.04. The molecule has 0 saturated carbocycles. The van der Waals surface area contributed by atoms with Crippen LogP contribution in [0.15, 0.2) is 16.2 Å². The molecule has 0 atom stereocenters. The smallest absolute Gasteiger partial charge is 0.225 e. The first-order valence-electron chi connectivity index (χ1n) is 3.25. The predicted octanol–water partition coefficient (Wildman–Crippen LogP) is 2.46. The van der Waals surface area contributed by atoms with Crippen molar-refractivity contribution in [1.29, 1.82) is 0 Å². The van der Waals surface area contributed by atoms with Crippen LogP contribution >= 0.6 is 27.3 Å². The van der Waals surface area contributed by atoms with E-state index < -0.39 is 0 Å². The Labute approximate surface area is 81.5 Å². The van der Waals surface area contributed by atoms with Crippen LogP contribution in [0.3, 0.4) is 0 Å². The van der Waals surface area contributed by atoms with Crippen LogP contribution in [0.1, 0.15) is 0 Å². The molecular formula is C7H5BrN2OS. The standard InChI is InChI=1S/C7H5BrN2OS/c1-11-6-4-2-5(8)12-7(4)10-3-9-6/h2-3H,1H3. The molecule has 2 aromatic heterocycles. The van der Waals surface area contributed by atoms with Crippen molar-refractivity contribution >= 4 is 37.5 Å². The van der Waals surface area contributed by atoms with Crippen molar-refractivity contribution in [2.24, 2.45) is 0 Å². The highest BCUT2D eigenvalue weighted by Crippen LogP contribution is 2.32. The fourth-order valence-corrected chi connectivity index (χ4v) is 2.37. The number of nitrogens with zero attached hydrogens (tertiary/aromatic N) is 2. The molecule has 5 heteroatoms. The summed E-state index contributed by atoms with van der Waals surface area (Å²) in [5.41, 5.74) is 0. The first kappa shape index (κ1) is 7.94. The summed E-state index contributed by atoms with van der Waals surface area (Å²) in [6.45, 7) is 0.